The summed E-state index contributed by atoms with van der Waals surface area (Å²) in [6.45, 7) is -2.95. The largest absolute Gasteiger partial charge is 0.435 e. The van der Waals surface area contributed by atoms with E-state index in [0.717, 1.165) is 24.2 Å². The molecule has 2 amide bonds. The number of halogens is 4. The number of benzene rings is 1. The third kappa shape index (κ3) is 4.61. The Balaban J connectivity index is 1.47. The van der Waals surface area contributed by atoms with Crippen molar-refractivity contribution in [3.63, 3.8) is 0 Å². The summed E-state index contributed by atoms with van der Waals surface area (Å²) in [5.74, 6) is -1.48. The van der Waals surface area contributed by atoms with E-state index in [-0.39, 0.29) is 32.8 Å². The molecular weight excluding hydrogens is 502 g/mol. The first kappa shape index (κ1) is 23.7. The van der Waals surface area contributed by atoms with Gasteiger partial charge in [0.1, 0.15) is 26.8 Å². The molecule has 8 nitrogen and oxygen atoms in total. The quantitative estimate of drug-likeness (QED) is 0.267. The van der Waals surface area contributed by atoms with Crippen molar-refractivity contribution < 1.29 is 31.9 Å². The van der Waals surface area contributed by atoms with Gasteiger partial charge in [-0.25, -0.2) is 13.8 Å². The number of aromatic nitrogens is 3. The molecule has 186 valence electrons. The molecule has 1 aromatic carbocycles. The summed E-state index contributed by atoms with van der Waals surface area (Å²) in [5.41, 5.74) is 6.76. The number of carbonyl (C=O) groups is 2. The molecule has 4 N–H and O–H groups in total. The van der Waals surface area contributed by atoms with Crippen LogP contribution >= 0.6 is 11.3 Å². The van der Waals surface area contributed by atoms with E-state index in [9.17, 15) is 27.2 Å². The van der Waals surface area contributed by atoms with Crippen LogP contribution in [0.25, 0.3) is 21.5 Å². The number of carbonyl (C=O) groups excluding carboxylic acids is 2. The number of hydrogen-bond acceptors (Lipinski definition) is 6. The number of hydrogen-bond donors (Lipinski definition) is 3. The summed E-state index contributed by atoms with van der Waals surface area (Å²) >= 11 is 0.843. The third-order valence-corrected chi connectivity index (χ3v) is 6.71. The molecule has 0 bridgehead atoms. The van der Waals surface area contributed by atoms with E-state index in [1.54, 1.807) is 0 Å². The molecule has 5 rings (SSSR count). The highest BCUT2D eigenvalue weighted by molar-refractivity contribution is 7.21. The monoisotopic (exact) mass is 519 g/mol. The van der Waals surface area contributed by atoms with Gasteiger partial charge in [-0.3, -0.25) is 14.7 Å². The van der Waals surface area contributed by atoms with Crippen molar-refractivity contribution in [2.24, 2.45) is 5.73 Å². The van der Waals surface area contributed by atoms with Crippen LogP contribution in [0.1, 0.15) is 56.6 Å². The second-order valence-electron chi connectivity index (χ2n) is 8.09. The van der Waals surface area contributed by atoms with Crippen LogP contribution in [0.15, 0.2) is 36.4 Å². The minimum Gasteiger partial charge on any atom is -0.435 e. The minimum absolute atomic E-state index is 0.00600. The van der Waals surface area contributed by atoms with Gasteiger partial charge in [0.2, 0.25) is 0 Å². The van der Waals surface area contributed by atoms with Crippen LogP contribution < -0.4 is 15.8 Å². The summed E-state index contributed by atoms with van der Waals surface area (Å²) in [6, 6.07) is 8.43. The molecule has 1 fully saturated rings. The zero-order chi connectivity index (χ0) is 25.6. The molecule has 0 unspecified atom stereocenters. The van der Waals surface area contributed by atoms with E-state index < -0.39 is 30.5 Å². The maximum Gasteiger partial charge on any atom is 0.387 e. The Morgan fingerprint density at radius 1 is 1.14 bits per heavy atom. The number of nitrogens with one attached hydrogen (secondary N) is 2. The fourth-order valence-electron chi connectivity index (χ4n) is 3.84. The lowest BCUT2D eigenvalue weighted by atomic mass is 10.0. The lowest BCUT2D eigenvalue weighted by Crippen LogP contribution is -2.17. The zero-order valence-electron chi connectivity index (χ0n) is 18.2. The number of rotatable bonds is 8. The lowest BCUT2D eigenvalue weighted by Gasteiger charge is -2.09. The molecule has 3 aromatic heterocycles. The molecule has 0 spiro atoms. The Kier molecular flexibility index (Phi) is 6.08. The standard InChI is InChI=1S/C23H17F4N5O3S/c24-19(25)14-7-12(9-1-2-9)16-17(18(20(28)33)36-22(16)29-14)30-21(34)15-8-13(31-32-15)10-3-5-11(6-4-10)35-23(26)27/h3-9,19,23H,1-2H2,(H2,28,33)(H,30,34)(H,31,32). The van der Waals surface area contributed by atoms with Gasteiger partial charge in [0.25, 0.3) is 18.2 Å². The van der Waals surface area contributed by atoms with Crippen LogP contribution in [0.5, 0.6) is 5.75 Å². The first-order chi connectivity index (χ1) is 17.2. The topological polar surface area (TPSA) is 123 Å². The molecule has 4 aromatic rings. The Morgan fingerprint density at radius 3 is 2.47 bits per heavy atom. The summed E-state index contributed by atoms with van der Waals surface area (Å²) < 4.78 is 55.8. The summed E-state index contributed by atoms with van der Waals surface area (Å²) in [5, 5.41) is 9.75. The van der Waals surface area contributed by atoms with Gasteiger partial charge in [-0.05, 0) is 60.7 Å². The summed E-state index contributed by atoms with van der Waals surface area (Å²) in [7, 11) is 0. The SMILES string of the molecule is NC(=O)c1sc2nc(C(F)F)cc(C3CC3)c2c1NC(=O)c1cc(-c2ccc(OC(F)F)cc2)n[nH]1. The number of anilines is 1. The molecule has 3 heterocycles. The number of amides is 2. The lowest BCUT2D eigenvalue weighted by molar-refractivity contribution is -0.0498. The van der Waals surface area contributed by atoms with Gasteiger partial charge < -0.3 is 15.8 Å². The maximum absolute atomic E-state index is 13.4. The van der Waals surface area contributed by atoms with Crippen molar-refractivity contribution in [3.8, 4) is 17.0 Å². The predicted octanol–water partition coefficient (Wildman–Crippen LogP) is 5.45. The number of pyridine rings is 1. The van der Waals surface area contributed by atoms with Crippen LogP contribution in [-0.4, -0.2) is 33.6 Å². The van der Waals surface area contributed by atoms with E-state index >= 15 is 0 Å². The third-order valence-electron chi connectivity index (χ3n) is 5.61. The van der Waals surface area contributed by atoms with Crippen LogP contribution in [0.3, 0.4) is 0 Å². The molecule has 0 aliphatic heterocycles. The Labute approximate surface area is 204 Å². The molecule has 36 heavy (non-hydrogen) atoms. The van der Waals surface area contributed by atoms with Gasteiger partial charge in [0.05, 0.1) is 11.4 Å². The average molecular weight is 519 g/mol. The van der Waals surface area contributed by atoms with Crippen molar-refractivity contribution >= 4 is 39.1 Å². The van der Waals surface area contributed by atoms with E-state index in [2.05, 4.69) is 25.2 Å². The van der Waals surface area contributed by atoms with Gasteiger partial charge >= 0.3 is 6.61 Å². The number of ether oxygens (including phenoxy) is 1. The fourth-order valence-corrected chi connectivity index (χ4v) is 4.86. The Bertz CT molecular complexity index is 1460. The highest BCUT2D eigenvalue weighted by Crippen LogP contribution is 2.48. The number of H-pyrrole nitrogens is 1. The highest BCUT2D eigenvalue weighted by Gasteiger charge is 2.32. The molecule has 0 radical (unpaired) electrons. The van der Waals surface area contributed by atoms with Crippen molar-refractivity contribution in [3.05, 3.63) is 58.2 Å². The molecule has 0 saturated heterocycles. The maximum atomic E-state index is 13.4. The normalized spacial score (nSPS) is 13.5. The number of fused-ring (bicyclic) bond motifs is 1. The first-order valence-corrected chi connectivity index (χ1v) is 11.5. The van der Waals surface area contributed by atoms with E-state index in [4.69, 9.17) is 5.73 Å². The van der Waals surface area contributed by atoms with Crippen molar-refractivity contribution in [2.45, 2.75) is 31.8 Å². The fraction of sp³-hybridized carbons (Fsp3) is 0.217. The predicted molar refractivity (Wildman–Crippen MR) is 124 cm³/mol. The molecular formula is C23H17F4N5O3S. The Hall–Kier alpha value is -4.00. The number of primary amides is 1. The first-order valence-electron chi connectivity index (χ1n) is 10.7. The number of aromatic amines is 1. The van der Waals surface area contributed by atoms with Gasteiger partial charge in [-0.15, -0.1) is 11.3 Å². The van der Waals surface area contributed by atoms with Crippen LogP contribution in [0, 0.1) is 0 Å². The van der Waals surface area contributed by atoms with Crippen molar-refractivity contribution in [2.75, 3.05) is 5.32 Å². The molecule has 1 aliphatic carbocycles. The number of nitrogens with zero attached hydrogens (tertiary/aromatic N) is 2. The summed E-state index contributed by atoms with van der Waals surface area (Å²) in [6.07, 6.45) is -1.20. The molecule has 1 aliphatic rings. The second kappa shape index (κ2) is 9.22. The van der Waals surface area contributed by atoms with Gasteiger partial charge in [-0.1, -0.05) is 0 Å². The summed E-state index contributed by atoms with van der Waals surface area (Å²) in [4.78, 5) is 29.4. The number of nitrogens with two attached hydrogens (primary N) is 1. The Morgan fingerprint density at radius 2 is 1.86 bits per heavy atom. The van der Waals surface area contributed by atoms with E-state index in [0.29, 0.717) is 22.2 Å². The second-order valence-corrected chi connectivity index (χ2v) is 9.08. The zero-order valence-corrected chi connectivity index (χ0v) is 19.0. The number of thiophene rings is 1. The highest BCUT2D eigenvalue weighted by atomic mass is 32.1. The molecule has 0 atom stereocenters. The van der Waals surface area contributed by atoms with Gasteiger partial charge in [0, 0.05) is 10.9 Å². The van der Waals surface area contributed by atoms with Crippen LogP contribution in [0.4, 0.5) is 23.2 Å². The minimum atomic E-state index is -2.95. The smallest absolute Gasteiger partial charge is 0.387 e. The van der Waals surface area contributed by atoms with Crippen LogP contribution in [-0.2, 0) is 0 Å². The van der Waals surface area contributed by atoms with Gasteiger partial charge in [0.15, 0.2) is 0 Å². The average Bonchev–Trinajstić information content (AvgIpc) is 3.44. The number of alkyl halides is 4. The molecule has 13 heteroatoms. The van der Waals surface area contributed by atoms with E-state index in [1.807, 2.05) is 0 Å². The van der Waals surface area contributed by atoms with Crippen LogP contribution in [0.2, 0.25) is 0 Å². The van der Waals surface area contributed by atoms with Crippen molar-refractivity contribution in [1.82, 2.24) is 15.2 Å². The molecule has 1 saturated carbocycles. The van der Waals surface area contributed by atoms with Gasteiger partial charge in [-0.2, -0.15) is 13.9 Å². The van der Waals surface area contributed by atoms with Crippen molar-refractivity contribution in [1.29, 1.82) is 0 Å². The van der Waals surface area contributed by atoms with E-state index in [1.165, 1.54) is 36.4 Å².